The molecular formula is C22H28ClN3. The van der Waals surface area contributed by atoms with Gasteiger partial charge in [0.25, 0.3) is 0 Å². The molecule has 4 rings (SSSR count). The molecule has 2 aromatic carbocycles. The van der Waals surface area contributed by atoms with E-state index in [0.717, 1.165) is 30.0 Å². The lowest BCUT2D eigenvalue weighted by Gasteiger charge is -2.15. The molecule has 3 nitrogen and oxygen atoms in total. The number of aromatic nitrogens is 2. The number of benzene rings is 2. The lowest BCUT2D eigenvalue weighted by molar-refractivity contribution is 0.339. The van der Waals surface area contributed by atoms with Crippen molar-refractivity contribution in [1.29, 1.82) is 0 Å². The molecule has 0 N–H and O–H groups in total. The number of hydrogen-bond donors (Lipinski definition) is 0. The van der Waals surface area contributed by atoms with Gasteiger partial charge in [0.05, 0.1) is 11.0 Å². The van der Waals surface area contributed by atoms with E-state index in [2.05, 4.69) is 45.9 Å². The van der Waals surface area contributed by atoms with Crippen molar-refractivity contribution in [3.05, 3.63) is 64.9 Å². The number of hydrogen-bond acceptors (Lipinski definition) is 2. The molecular weight excluding hydrogens is 342 g/mol. The number of imidazole rings is 1. The first-order chi connectivity index (χ1) is 12.8. The summed E-state index contributed by atoms with van der Waals surface area (Å²) in [7, 11) is 0. The van der Waals surface area contributed by atoms with Crippen molar-refractivity contribution in [2.45, 2.75) is 39.7 Å². The molecule has 1 aliphatic rings. The zero-order valence-electron chi connectivity index (χ0n) is 15.8. The smallest absolute Gasteiger partial charge is 0.111 e. The summed E-state index contributed by atoms with van der Waals surface area (Å²) in [6.45, 7) is 8.41. The van der Waals surface area contributed by atoms with Crippen LogP contribution in [-0.2, 0) is 13.0 Å². The van der Waals surface area contributed by atoms with Crippen molar-refractivity contribution in [3.63, 3.8) is 0 Å². The highest BCUT2D eigenvalue weighted by Gasteiger charge is 2.15. The van der Waals surface area contributed by atoms with Gasteiger partial charge in [-0.3, -0.25) is 0 Å². The lowest BCUT2D eigenvalue weighted by Crippen LogP contribution is -2.23. The molecule has 1 fully saturated rings. The zero-order valence-corrected chi connectivity index (χ0v) is 16.5. The molecule has 26 heavy (non-hydrogen) atoms. The summed E-state index contributed by atoms with van der Waals surface area (Å²) in [5.74, 6) is 1.18. The van der Waals surface area contributed by atoms with Gasteiger partial charge in [0.1, 0.15) is 5.82 Å². The molecule has 0 saturated carbocycles. The second kappa shape index (κ2) is 9.20. The Labute approximate surface area is 161 Å². The molecule has 0 radical (unpaired) electrons. The molecule has 4 heteroatoms. The van der Waals surface area contributed by atoms with Crippen LogP contribution in [0.2, 0.25) is 5.02 Å². The van der Waals surface area contributed by atoms with E-state index in [-0.39, 0.29) is 0 Å². The first-order valence-corrected chi connectivity index (χ1v) is 10.1. The molecule has 1 aliphatic heterocycles. The third-order valence-corrected chi connectivity index (χ3v) is 5.09. The van der Waals surface area contributed by atoms with Crippen LogP contribution in [0.5, 0.6) is 0 Å². The van der Waals surface area contributed by atoms with E-state index in [4.69, 9.17) is 16.6 Å². The second-order valence-electron chi connectivity index (χ2n) is 6.53. The molecule has 1 aromatic heterocycles. The highest BCUT2D eigenvalue weighted by molar-refractivity contribution is 6.30. The van der Waals surface area contributed by atoms with Gasteiger partial charge in [-0.2, -0.15) is 0 Å². The fourth-order valence-corrected chi connectivity index (χ4v) is 3.66. The molecule has 0 unspecified atom stereocenters. The van der Waals surface area contributed by atoms with Gasteiger partial charge in [-0.25, -0.2) is 4.98 Å². The maximum Gasteiger partial charge on any atom is 0.111 e. The number of likely N-dealkylation sites (tertiary alicyclic amines) is 1. The average molecular weight is 370 g/mol. The molecule has 3 aromatic rings. The van der Waals surface area contributed by atoms with Gasteiger partial charge < -0.3 is 9.47 Å². The Balaban J connectivity index is 0.000000948. The summed E-state index contributed by atoms with van der Waals surface area (Å²) >= 11 is 6.02. The zero-order chi connectivity index (χ0) is 18.4. The van der Waals surface area contributed by atoms with Crippen LogP contribution in [0.4, 0.5) is 0 Å². The summed E-state index contributed by atoms with van der Waals surface area (Å²) < 4.78 is 2.36. The Hall–Kier alpha value is -1.84. The Morgan fingerprint density at radius 3 is 2.38 bits per heavy atom. The van der Waals surface area contributed by atoms with Crippen LogP contribution < -0.4 is 0 Å². The molecule has 0 aliphatic carbocycles. The molecule has 0 atom stereocenters. The molecule has 0 bridgehead atoms. The quantitative estimate of drug-likeness (QED) is 0.600. The second-order valence-corrected chi connectivity index (χ2v) is 6.96. The minimum absolute atomic E-state index is 0.781. The minimum atomic E-state index is 0.781. The Morgan fingerprint density at radius 2 is 1.65 bits per heavy atom. The fraction of sp³-hybridized carbons (Fsp3) is 0.409. The van der Waals surface area contributed by atoms with Crippen LogP contribution in [-0.4, -0.2) is 34.1 Å². The first kappa shape index (κ1) is 18.9. The third-order valence-electron chi connectivity index (χ3n) is 4.84. The minimum Gasteiger partial charge on any atom is -0.323 e. The van der Waals surface area contributed by atoms with Gasteiger partial charge >= 0.3 is 0 Å². The highest BCUT2D eigenvalue weighted by Crippen LogP contribution is 2.20. The number of fused-ring (bicyclic) bond motifs is 1. The van der Waals surface area contributed by atoms with Gasteiger partial charge in [0.15, 0.2) is 0 Å². The monoisotopic (exact) mass is 369 g/mol. The van der Waals surface area contributed by atoms with E-state index < -0.39 is 0 Å². The summed E-state index contributed by atoms with van der Waals surface area (Å²) in [5.41, 5.74) is 3.55. The number of nitrogens with zero attached hydrogens (tertiary/aromatic N) is 3. The van der Waals surface area contributed by atoms with E-state index in [1.54, 1.807) is 0 Å². The maximum absolute atomic E-state index is 6.02. The Morgan fingerprint density at radius 1 is 0.962 bits per heavy atom. The first-order valence-electron chi connectivity index (χ1n) is 9.70. The van der Waals surface area contributed by atoms with Gasteiger partial charge in [-0.15, -0.1) is 0 Å². The molecule has 2 heterocycles. The average Bonchev–Trinajstić information content (AvgIpc) is 3.32. The SMILES string of the molecule is CC.Clc1ccc(Cn2c(CCN3CCCC3)nc3ccccc32)cc1. The molecule has 0 amide bonds. The normalized spacial score (nSPS) is 14.4. The van der Waals surface area contributed by atoms with Crippen molar-refractivity contribution in [2.24, 2.45) is 0 Å². The van der Waals surface area contributed by atoms with E-state index in [1.807, 2.05) is 26.0 Å². The van der Waals surface area contributed by atoms with Crippen LogP contribution in [0, 0.1) is 0 Å². The maximum atomic E-state index is 6.02. The Kier molecular flexibility index (Phi) is 6.70. The number of para-hydroxylation sites is 2. The summed E-state index contributed by atoms with van der Waals surface area (Å²) in [6, 6.07) is 16.5. The predicted molar refractivity (Wildman–Crippen MR) is 111 cm³/mol. The number of rotatable bonds is 5. The van der Waals surface area contributed by atoms with Crippen molar-refractivity contribution in [3.8, 4) is 0 Å². The molecule has 1 saturated heterocycles. The van der Waals surface area contributed by atoms with E-state index in [1.165, 1.54) is 42.8 Å². The van der Waals surface area contributed by atoms with E-state index in [0.29, 0.717) is 0 Å². The fourth-order valence-electron chi connectivity index (χ4n) is 3.53. The largest absolute Gasteiger partial charge is 0.323 e. The van der Waals surface area contributed by atoms with Crippen LogP contribution in [0.15, 0.2) is 48.5 Å². The van der Waals surface area contributed by atoms with Crippen LogP contribution >= 0.6 is 11.6 Å². The summed E-state index contributed by atoms with van der Waals surface area (Å²) in [5, 5.41) is 0.781. The van der Waals surface area contributed by atoms with Crippen LogP contribution in [0.3, 0.4) is 0 Å². The highest BCUT2D eigenvalue weighted by atomic mass is 35.5. The molecule has 138 valence electrons. The van der Waals surface area contributed by atoms with Gasteiger partial charge in [0.2, 0.25) is 0 Å². The van der Waals surface area contributed by atoms with Crippen LogP contribution in [0.1, 0.15) is 38.1 Å². The summed E-state index contributed by atoms with van der Waals surface area (Å²) in [6.07, 6.45) is 3.67. The third kappa shape index (κ3) is 4.46. The topological polar surface area (TPSA) is 21.1 Å². The Bertz CT molecular complexity index is 817. The van der Waals surface area contributed by atoms with Gasteiger partial charge in [0, 0.05) is 24.5 Å². The van der Waals surface area contributed by atoms with Crippen LogP contribution in [0.25, 0.3) is 11.0 Å². The van der Waals surface area contributed by atoms with Gasteiger partial charge in [-0.1, -0.05) is 49.7 Å². The molecule has 0 spiro atoms. The van der Waals surface area contributed by atoms with E-state index in [9.17, 15) is 0 Å². The van der Waals surface area contributed by atoms with E-state index >= 15 is 0 Å². The number of halogens is 1. The van der Waals surface area contributed by atoms with Gasteiger partial charge in [-0.05, 0) is 55.8 Å². The summed E-state index contributed by atoms with van der Waals surface area (Å²) in [4.78, 5) is 7.45. The van der Waals surface area contributed by atoms with Crippen molar-refractivity contribution < 1.29 is 0 Å². The van der Waals surface area contributed by atoms with Crippen molar-refractivity contribution >= 4 is 22.6 Å². The van der Waals surface area contributed by atoms with Crippen molar-refractivity contribution in [1.82, 2.24) is 14.5 Å². The standard InChI is InChI=1S/C20H22ClN3.C2H6/c21-17-9-7-16(8-10-17)15-24-19-6-2-1-5-18(19)22-20(24)11-14-23-12-3-4-13-23;1-2/h1-2,5-10H,3-4,11-15H2;1-2H3. The lowest BCUT2D eigenvalue weighted by atomic mass is 10.2. The predicted octanol–water partition coefficient (Wildman–Crippen LogP) is 5.40. The van der Waals surface area contributed by atoms with Crippen molar-refractivity contribution in [2.75, 3.05) is 19.6 Å².